The van der Waals surface area contributed by atoms with Crippen LogP contribution in [-0.2, 0) is 0 Å². The van der Waals surface area contributed by atoms with Crippen LogP contribution in [0.1, 0.15) is 17.5 Å². The van der Waals surface area contributed by atoms with E-state index in [0.717, 1.165) is 50.4 Å². The molecule has 3 N–H and O–H groups in total. The van der Waals surface area contributed by atoms with E-state index in [-0.39, 0.29) is 0 Å². The standard InChI is InChI=1S/C22H16N2O/c1-12-5-4-8-15-17-9-16-13-6-2-3-7-14(13)18(23)10-20(16)25-21(17)11-19(24)22(12)15/h2-4,6-11,23H,1,5,24H2. The first-order valence-corrected chi connectivity index (χ1v) is 8.24. The van der Waals surface area contributed by atoms with Gasteiger partial charge in [-0.1, -0.05) is 43.0 Å². The molecule has 2 aliphatic carbocycles. The van der Waals surface area contributed by atoms with Crippen LogP contribution in [0.2, 0.25) is 0 Å². The highest BCUT2D eigenvalue weighted by molar-refractivity contribution is 6.04. The zero-order valence-electron chi connectivity index (χ0n) is 13.6. The Hall–Kier alpha value is -3.33. The summed E-state index contributed by atoms with van der Waals surface area (Å²) in [5.74, 6) is 0.703. The van der Waals surface area contributed by atoms with Gasteiger partial charge in [-0.15, -0.1) is 0 Å². The van der Waals surface area contributed by atoms with Crippen LogP contribution in [0.25, 0.3) is 44.7 Å². The molecule has 1 aliphatic heterocycles. The minimum absolute atomic E-state index is 0.463. The Bertz CT molecular complexity index is 1260. The molecule has 3 aliphatic rings. The molecule has 3 nitrogen and oxygen atoms in total. The third-order valence-electron chi connectivity index (χ3n) is 4.96. The summed E-state index contributed by atoms with van der Waals surface area (Å²) in [4.78, 5) is 0. The van der Waals surface area contributed by atoms with Crippen molar-refractivity contribution < 1.29 is 4.42 Å². The second kappa shape index (κ2) is 4.84. The van der Waals surface area contributed by atoms with Crippen LogP contribution in [0, 0.1) is 5.41 Å². The van der Waals surface area contributed by atoms with Crippen LogP contribution in [-0.4, -0.2) is 0 Å². The first-order chi connectivity index (χ1) is 12.1. The molecule has 0 amide bonds. The van der Waals surface area contributed by atoms with Crippen molar-refractivity contribution in [3.05, 3.63) is 71.6 Å². The minimum Gasteiger partial charge on any atom is -0.456 e. The number of nitrogens with two attached hydrogens (primary N) is 1. The van der Waals surface area contributed by atoms with E-state index in [1.54, 1.807) is 6.07 Å². The number of anilines is 1. The van der Waals surface area contributed by atoms with Gasteiger partial charge in [0.05, 0.1) is 5.36 Å². The molecular weight excluding hydrogens is 308 g/mol. The lowest BCUT2D eigenvalue weighted by Crippen LogP contribution is -2.04. The minimum atomic E-state index is 0.463. The molecule has 0 bridgehead atoms. The third kappa shape index (κ3) is 1.89. The first kappa shape index (κ1) is 14.1. The Balaban J connectivity index is 2.01. The van der Waals surface area contributed by atoms with E-state index in [1.807, 2.05) is 30.3 Å². The summed E-state index contributed by atoms with van der Waals surface area (Å²) >= 11 is 0. The lowest BCUT2D eigenvalue weighted by Gasteiger charge is -2.19. The summed E-state index contributed by atoms with van der Waals surface area (Å²) in [7, 11) is 0. The highest BCUT2D eigenvalue weighted by Crippen LogP contribution is 2.41. The average Bonchev–Trinajstić information content (AvgIpc) is 2.61. The van der Waals surface area contributed by atoms with Crippen LogP contribution in [0.5, 0.6) is 0 Å². The van der Waals surface area contributed by atoms with E-state index in [1.165, 1.54) is 0 Å². The van der Waals surface area contributed by atoms with Crippen molar-refractivity contribution >= 4 is 39.1 Å². The number of benzene rings is 3. The number of hydrogen-bond acceptors (Lipinski definition) is 3. The molecule has 0 atom stereocenters. The van der Waals surface area contributed by atoms with E-state index >= 15 is 0 Å². The lowest BCUT2D eigenvalue weighted by molar-refractivity contribution is 0.619. The quantitative estimate of drug-likeness (QED) is 0.266. The number of nitrogen functional groups attached to an aromatic ring is 1. The van der Waals surface area contributed by atoms with Crippen molar-refractivity contribution in [3.63, 3.8) is 0 Å². The van der Waals surface area contributed by atoms with Crippen molar-refractivity contribution in [2.24, 2.45) is 0 Å². The normalized spacial score (nSPS) is 13.7. The lowest BCUT2D eigenvalue weighted by atomic mass is 9.88. The fourth-order valence-corrected chi connectivity index (χ4v) is 3.80. The van der Waals surface area contributed by atoms with E-state index in [9.17, 15) is 0 Å². The summed E-state index contributed by atoms with van der Waals surface area (Å²) in [6.45, 7) is 4.16. The first-order valence-electron chi connectivity index (χ1n) is 8.24. The largest absolute Gasteiger partial charge is 0.456 e. The Morgan fingerprint density at radius 3 is 2.68 bits per heavy atom. The Morgan fingerprint density at radius 2 is 1.84 bits per heavy atom. The topological polar surface area (TPSA) is 63.0 Å². The summed E-state index contributed by atoms with van der Waals surface area (Å²) < 4.78 is 6.15. The van der Waals surface area contributed by atoms with Gasteiger partial charge in [-0.25, -0.2) is 0 Å². The molecule has 3 heteroatoms. The highest BCUT2D eigenvalue weighted by Gasteiger charge is 2.19. The predicted octanol–water partition coefficient (Wildman–Crippen LogP) is 5.18. The number of allylic oxidation sites excluding steroid dienone is 2. The zero-order valence-corrected chi connectivity index (χ0v) is 13.6. The van der Waals surface area contributed by atoms with Gasteiger partial charge in [0.1, 0.15) is 11.3 Å². The SMILES string of the molecule is C=C1CC=Cc2c1c(N)cc1oc3cc(=N)c4ccccc4c-3cc21. The maximum atomic E-state index is 8.27. The molecule has 0 aromatic heterocycles. The van der Waals surface area contributed by atoms with Gasteiger partial charge >= 0.3 is 0 Å². The fourth-order valence-electron chi connectivity index (χ4n) is 3.80. The van der Waals surface area contributed by atoms with Crippen LogP contribution in [0.4, 0.5) is 5.69 Å². The van der Waals surface area contributed by atoms with Crippen molar-refractivity contribution in [2.75, 3.05) is 5.73 Å². The third-order valence-corrected chi connectivity index (χ3v) is 4.96. The molecule has 0 saturated heterocycles. The molecule has 0 saturated carbocycles. The fraction of sp³-hybridized carbons (Fsp3) is 0.0455. The Morgan fingerprint density at radius 1 is 1.04 bits per heavy atom. The number of rotatable bonds is 0. The van der Waals surface area contributed by atoms with Gasteiger partial charge < -0.3 is 15.6 Å². The summed E-state index contributed by atoms with van der Waals surface area (Å²) in [5, 5.41) is 11.7. The molecule has 0 fully saturated rings. The van der Waals surface area contributed by atoms with E-state index in [2.05, 4.69) is 24.8 Å². The molecule has 120 valence electrons. The van der Waals surface area contributed by atoms with Crippen molar-refractivity contribution in [1.82, 2.24) is 0 Å². The Kier molecular flexibility index (Phi) is 2.72. The van der Waals surface area contributed by atoms with Gasteiger partial charge in [0.25, 0.3) is 0 Å². The molecule has 0 spiro atoms. The van der Waals surface area contributed by atoms with Crippen LogP contribution in [0.15, 0.2) is 59.5 Å². The second-order valence-electron chi connectivity index (χ2n) is 6.50. The van der Waals surface area contributed by atoms with Crippen molar-refractivity contribution in [2.45, 2.75) is 6.42 Å². The molecule has 5 rings (SSSR count). The summed E-state index contributed by atoms with van der Waals surface area (Å²) in [5.41, 5.74) is 11.8. The van der Waals surface area contributed by atoms with Gasteiger partial charge in [-0.05, 0) is 29.0 Å². The van der Waals surface area contributed by atoms with E-state index < -0.39 is 0 Å². The number of hydrogen-bond donors (Lipinski definition) is 2. The molecule has 2 aromatic carbocycles. The molecule has 25 heavy (non-hydrogen) atoms. The molecular formula is C22H16N2O. The maximum absolute atomic E-state index is 8.27. The van der Waals surface area contributed by atoms with Crippen LogP contribution in [0.3, 0.4) is 0 Å². The summed E-state index contributed by atoms with van der Waals surface area (Å²) in [6.07, 6.45) is 5.03. The molecule has 0 unspecified atom stereocenters. The van der Waals surface area contributed by atoms with Crippen LogP contribution < -0.4 is 11.1 Å². The monoisotopic (exact) mass is 324 g/mol. The van der Waals surface area contributed by atoms with Gasteiger partial charge in [0, 0.05) is 39.7 Å². The van der Waals surface area contributed by atoms with Gasteiger partial charge in [0.15, 0.2) is 0 Å². The van der Waals surface area contributed by atoms with Crippen LogP contribution >= 0.6 is 0 Å². The second-order valence-corrected chi connectivity index (χ2v) is 6.50. The van der Waals surface area contributed by atoms with Gasteiger partial charge in [0.2, 0.25) is 0 Å². The Labute approximate surface area is 144 Å². The number of nitrogens with one attached hydrogen (secondary N) is 1. The summed E-state index contributed by atoms with van der Waals surface area (Å²) in [6, 6.07) is 13.8. The number of fused-ring (bicyclic) bond motifs is 6. The van der Waals surface area contributed by atoms with E-state index in [4.69, 9.17) is 15.6 Å². The van der Waals surface area contributed by atoms with Crippen molar-refractivity contribution in [3.8, 4) is 11.3 Å². The molecule has 0 radical (unpaired) electrons. The van der Waals surface area contributed by atoms with Gasteiger partial charge in [-0.3, -0.25) is 0 Å². The smallest absolute Gasteiger partial charge is 0.137 e. The van der Waals surface area contributed by atoms with E-state index in [0.29, 0.717) is 16.8 Å². The predicted molar refractivity (Wildman–Crippen MR) is 103 cm³/mol. The average molecular weight is 324 g/mol. The zero-order chi connectivity index (χ0) is 17.1. The highest BCUT2D eigenvalue weighted by atomic mass is 16.3. The van der Waals surface area contributed by atoms with Crippen molar-refractivity contribution in [1.29, 1.82) is 5.41 Å². The molecule has 2 aromatic rings. The molecule has 1 heterocycles. The van der Waals surface area contributed by atoms with Gasteiger partial charge in [-0.2, -0.15) is 0 Å². The maximum Gasteiger partial charge on any atom is 0.137 e.